The van der Waals surface area contributed by atoms with Crippen LogP contribution < -0.4 is 16.4 Å². The summed E-state index contributed by atoms with van der Waals surface area (Å²) in [6.45, 7) is 4.41. The molecule has 0 unspecified atom stereocenters. The fraction of sp³-hybridized carbons (Fsp3) is 0.214. The van der Waals surface area contributed by atoms with Crippen LogP contribution in [0.15, 0.2) is 78.5 Å². The van der Waals surface area contributed by atoms with E-state index in [0.29, 0.717) is 17.7 Å². The Bertz CT molecular complexity index is 1230. The Hall–Kier alpha value is -4.08. The summed E-state index contributed by atoms with van der Waals surface area (Å²) in [6, 6.07) is 26.3. The molecular formula is C28H29N5O. The number of carbonyl (C=O) groups is 1. The van der Waals surface area contributed by atoms with Crippen molar-refractivity contribution in [3.8, 4) is 6.07 Å². The molecular weight excluding hydrogens is 422 g/mol. The molecule has 1 amide bonds. The molecule has 1 aliphatic rings. The lowest BCUT2D eigenvalue weighted by molar-refractivity contribution is -0.110. The van der Waals surface area contributed by atoms with Crippen LogP contribution in [-0.4, -0.2) is 17.4 Å². The summed E-state index contributed by atoms with van der Waals surface area (Å²) >= 11 is 0. The van der Waals surface area contributed by atoms with Gasteiger partial charge < -0.3 is 16.4 Å². The molecule has 0 aliphatic carbocycles. The fourth-order valence-electron chi connectivity index (χ4n) is 4.23. The van der Waals surface area contributed by atoms with Crippen molar-refractivity contribution in [2.24, 2.45) is 0 Å². The van der Waals surface area contributed by atoms with Crippen LogP contribution in [0.5, 0.6) is 0 Å². The second-order valence-electron chi connectivity index (χ2n) is 8.54. The summed E-state index contributed by atoms with van der Waals surface area (Å²) in [6.07, 6.45) is 1.41. The number of amides is 1. The van der Waals surface area contributed by atoms with Gasteiger partial charge in [0, 0.05) is 47.8 Å². The number of nitrogens with one attached hydrogen (secondary N) is 2. The number of nitrogens with two attached hydrogens (primary N) is 1. The minimum Gasteiger partial charge on any atom is -0.399 e. The molecule has 0 spiro atoms. The minimum atomic E-state index is -0.129. The molecule has 4 rings (SSSR count). The van der Waals surface area contributed by atoms with Crippen LogP contribution in [0.25, 0.3) is 5.57 Å². The summed E-state index contributed by atoms with van der Waals surface area (Å²) in [4.78, 5) is 14.9. The standard InChI is InChI=1S/C28H29N5O/c1-20(27-25-17-23(30)11-14-26(25)32-28(27)34)31-24-12-9-22(10-13-24)19-33(16-6-5-15-29)18-21-7-3-2-4-8-21/h2-4,7-14,17,31H,5-6,16,18-19,30H2,1H3,(H,32,34). The van der Waals surface area contributed by atoms with Crippen LogP contribution >= 0.6 is 0 Å². The van der Waals surface area contributed by atoms with E-state index in [9.17, 15) is 4.79 Å². The summed E-state index contributed by atoms with van der Waals surface area (Å²) in [7, 11) is 0. The number of carbonyl (C=O) groups excluding carboxylic acids is 1. The Morgan fingerprint density at radius 3 is 2.44 bits per heavy atom. The van der Waals surface area contributed by atoms with Crippen molar-refractivity contribution in [2.75, 3.05) is 22.9 Å². The smallest absolute Gasteiger partial charge is 0.258 e. The number of allylic oxidation sites excluding steroid dienone is 1. The van der Waals surface area contributed by atoms with Crippen molar-refractivity contribution in [3.63, 3.8) is 0 Å². The summed E-state index contributed by atoms with van der Waals surface area (Å²) in [5, 5.41) is 15.2. The van der Waals surface area contributed by atoms with Crippen molar-refractivity contribution in [1.82, 2.24) is 4.90 Å². The van der Waals surface area contributed by atoms with Gasteiger partial charge in [-0.3, -0.25) is 9.69 Å². The molecule has 0 saturated heterocycles. The van der Waals surface area contributed by atoms with Crippen LogP contribution in [-0.2, 0) is 17.9 Å². The number of nitrogen functional groups attached to an aromatic ring is 1. The second-order valence-corrected chi connectivity index (χ2v) is 8.54. The van der Waals surface area contributed by atoms with Crippen LogP contribution in [0.4, 0.5) is 17.1 Å². The van der Waals surface area contributed by atoms with Crippen LogP contribution in [0, 0.1) is 11.3 Å². The molecule has 0 radical (unpaired) electrons. The highest BCUT2D eigenvalue weighted by Crippen LogP contribution is 2.35. The zero-order chi connectivity index (χ0) is 23.9. The molecule has 0 bridgehead atoms. The molecule has 0 fully saturated rings. The van der Waals surface area contributed by atoms with Gasteiger partial charge in [0.2, 0.25) is 0 Å². The van der Waals surface area contributed by atoms with Crippen molar-refractivity contribution in [2.45, 2.75) is 32.9 Å². The van der Waals surface area contributed by atoms with Crippen molar-refractivity contribution < 1.29 is 4.79 Å². The Morgan fingerprint density at radius 1 is 1.03 bits per heavy atom. The van der Waals surface area contributed by atoms with Gasteiger partial charge in [-0.15, -0.1) is 0 Å². The van der Waals surface area contributed by atoms with E-state index in [2.05, 4.69) is 58.0 Å². The normalized spacial score (nSPS) is 13.9. The van der Waals surface area contributed by atoms with E-state index < -0.39 is 0 Å². The maximum absolute atomic E-state index is 12.5. The molecule has 0 atom stereocenters. The lowest BCUT2D eigenvalue weighted by Crippen LogP contribution is -2.24. The summed E-state index contributed by atoms with van der Waals surface area (Å²) < 4.78 is 0. The lowest BCUT2D eigenvalue weighted by atomic mass is 10.0. The third kappa shape index (κ3) is 5.64. The largest absolute Gasteiger partial charge is 0.399 e. The number of benzene rings is 3. The number of hydrogen-bond acceptors (Lipinski definition) is 5. The highest BCUT2D eigenvalue weighted by atomic mass is 16.2. The van der Waals surface area contributed by atoms with Gasteiger partial charge in [-0.05, 0) is 61.3 Å². The number of nitriles is 1. The van der Waals surface area contributed by atoms with Gasteiger partial charge in [-0.2, -0.15) is 5.26 Å². The molecule has 1 aliphatic heterocycles. The van der Waals surface area contributed by atoms with Gasteiger partial charge >= 0.3 is 0 Å². The quantitative estimate of drug-likeness (QED) is 0.231. The van der Waals surface area contributed by atoms with Crippen molar-refractivity contribution >= 4 is 28.5 Å². The molecule has 4 N–H and O–H groups in total. The van der Waals surface area contributed by atoms with Crippen LogP contribution in [0.2, 0.25) is 0 Å². The van der Waals surface area contributed by atoms with E-state index in [4.69, 9.17) is 11.0 Å². The third-order valence-electron chi connectivity index (χ3n) is 5.87. The first-order chi connectivity index (χ1) is 16.5. The first kappa shape index (κ1) is 23.1. The molecule has 0 saturated carbocycles. The van der Waals surface area contributed by atoms with E-state index in [1.807, 2.05) is 37.3 Å². The number of unbranched alkanes of at least 4 members (excludes halogenated alkanes) is 1. The molecule has 6 heteroatoms. The Kier molecular flexibility index (Phi) is 7.26. The van der Waals surface area contributed by atoms with E-state index in [-0.39, 0.29) is 5.91 Å². The first-order valence-electron chi connectivity index (χ1n) is 11.4. The van der Waals surface area contributed by atoms with Crippen molar-refractivity contribution in [3.05, 3.63) is 95.2 Å². The molecule has 34 heavy (non-hydrogen) atoms. The molecule has 1 heterocycles. The van der Waals surface area contributed by atoms with E-state index in [0.717, 1.165) is 48.7 Å². The van der Waals surface area contributed by atoms with E-state index in [1.54, 1.807) is 6.07 Å². The Morgan fingerprint density at radius 2 is 1.74 bits per heavy atom. The maximum Gasteiger partial charge on any atom is 0.258 e. The first-order valence-corrected chi connectivity index (χ1v) is 11.4. The summed E-state index contributed by atoms with van der Waals surface area (Å²) in [5.41, 5.74) is 12.9. The summed E-state index contributed by atoms with van der Waals surface area (Å²) in [5.74, 6) is -0.129. The van der Waals surface area contributed by atoms with Crippen LogP contribution in [0.3, 0.4) is 0 Å². The maximum atomic E-state index is 12.5. The predicted molar refractivity (Wildman–Crippen MR) is 138 cm³/mol. The van der Waals surface area contributed by atoms with Gasteiger partial charge in [-0.25, -0.2) is 0 Å². The Labute approximate surface area is 200 Å². The molecule has 0 aromatic heterocycles. The predicted octanol–water partition coefficient (Wildman–Crippen LogP) is 5.37. The average molecular weight is 452 g/mol. The molecule has 172 valence electrons. The zero-order valence-electron chi connectivity index (χ0n) is 19.3. The Balaban J connectivity index is 1.46. The van der Waals surface area contributed by atoms with Crippen molar-refractivity contribution in [1.29, 1.82) is 5.26 Å². The number of hydrogen-bond donors (Lipinski definition) is 3. The highest BCUT2D eigenvalue weighted by molar-refractivity contribution is 6.32. The number of nitrogens with zero attached hydrogens (tertiary/aromatic N) is 2. The molecule has 6 nitrogen and oxygen atoms in total. The number of rotatable bonds is 9. The van der Waals surface area contributed by atoms with Gasteiger partial charge in [0.1, 0.15) is 0 Å². The average Bonchev–Trinajstić information content (AvgIpc) is 3.16. The number of fused-ring (bicyclic) bond motifs is 1. The highest BCUT2D eigenvalue weighted by Gasteiger charge is 2.26. The lowest BCUT2D eigenvalue weighted by Gasteiger charge is -2.22. The number of anilines is 3. The molecule has 3 aromatic carbocycles. The topological polar surface area (TPSA) is 94.2 Å². The zero-order valence-corrected chi connectivity index (χ0v) is 19.3. The van der Waals surface area contributed by atoms with E-state index in [1.165, 1.54) is 11.1 Å². The van der Waals surface area contributed by atoms with Gasteiger partial charge in [0.05, 0.1) is 11.6 Å². The SMILES string of the molecule is CC(Nc1ccc(CN(CCCC#N)Cc2ccccc2)cc1)=C1C(=O)Nc2ccc(N)cc21. The second kappa shape index (κ2) is 10.7. The minimum absolute atomic E-state index is 0.129. The third-order valence-corrected chi connectivity index (χ3v) is 5.87. The van der Waals surface area contributed by atoms with Gasteiger partial charge in [0.25, 0.3) is 5.91 Å². The van der Waals surface area contributed by atoms with E-state index >= 15 is 0 Å². The van der Waals surface area contributed by atoms with Gasteiger partial charge in [0.15, 0.2) is 0 Å². The molecule has 3 aromatic rings. The fourth-order valence-corrected chi connectivity index (χ4v) is 4.23. The van der Waals surface area contributed by atoms with Crippen LogP contribution in [0.1, 0.15) is 36.5 Å². The monoisotopic (exact) mass is 451 g/mol. The van der Waals surface area contributed by atoms with Gasteiger partial charge in [-0.1, -0.05) is 42.5 Å².